The van der Waals surface area contributed by atoms with Gasteiger partial charge >= 0.3 is 0 Å². The van der Waals surface area contributed by atoms with Gasteiger partial charge in [-0.05, 0) is 60.7 Å². The highest BCUT2D eigenvalue weighted by Crippen LogP contribution is 2.40. The van der Waals surface area contributed by atoms with E-state index in [0.29, 0.717) is 5.11 Å². The van der Waals surface area contributed by atoms with E-state index in [1.54, 1.807) is 6.20 Å². The molecule has 7 heteroatoms. The molecule has 3 aromatic rings. The molecule has 0 unspecified atom stereocenters. The third kappa shape index (κ3) is 3.41. The van der Waals surface area contributed by atoms with Crippen LogP contribution in [0, 0.1) is 0 Å². The van der Waals surface area contributed by atoms with E-state index in [-0.39, 0.29) is 18.0 Å². The van der Waals surface area contributed by atoms with Gasteiger partial charge in [-0.15, -0.1) is 0 Å². The Morgan fingerprint density at radius 3 is 2.59 bits per heavy atom. The lowest BCUT2D eigenvalue weighted by Crippen LogP contribution is -2.29. The fourth-order valence-electron chi connectivity index (χ4n) is 3.39. The Hall–Kier alpha value is -3.19. The SMILES string of the molecule is CC(=O)Nc1ccc(N2C(=S)N[C@@H](c3ccccn3)[C@H]2c2ccc[nH]2)cc1. The zero-order valence-corrected chi connectivity index (χ0v) is 15.5. The Labute approximate surface area is 162 Å². The topological polar surface area (TPSA) is 73.1 Å². The molecule has 0 aliphatic carbocycles. The highest BCUT2D eigenvalue weighted by atomic mass is 32.1. The number of benzene rings is 1. The van der Waals surface area contributed by atoms with Crippen molar-refractivity contribution in [1.29, 1.82) is 0 Å². The van der Waals surface area contributed by atoms with Crippen molar-refractivity contribution in [3.8, 4) is 0 Å². The maximum atomic E-state index is 11.3. The summed E-state index contributed by atoms with van der Waals surface area (Å²) in [5, 5.41) is 6.83. The van der Waals surface area contributed by atoms with Crippen LogP contribution in [-0.2, 0) is 4.79 Å². The molecule has 1 aromatic carbocycles. The van der Waals surface area contributed by atoms with Crippen LogP contribution in [0.3, 0.4) is 0 Å². The van der Waals surface area contributed by atoms with Crippen LogP contribution in [0.5, 0.6) is 0 Å². The van der Waals surface area contributed by atoms with Gasteiger partial charge in [0.15, 0.2) is 5.11 Å². The van der Waals surface area contributed by atoms with Crippen molar-refractivity contribution < 1.29 is 4.79 Å². The Morgan fingerprint density at radius 1 is 1.15 bits per heavy atom. The van der Waals surface area contributed by atoms with Gasteiger partial charge in [0.05, 0.1) is 11.7 Å². The maximum Gasteiger partial charge on any atom is 0.221 e. The Kier molecular flexibility index (Phi) is 4.60. The van der Waals surface area contributed by atoms with Crippen LogP contribution < -0.4 is 15.5 Å². The van der Waals surface area contributed by atoms with E-state index in [0.717, 1.165) is 22.8 Å². The molecule has 1 saturated heterocycles. The zero-order valence-electron chi connectivity index (χ0n) is 14.7. The average molecular weight is 377 g/mol. The molecule has 2 aromatic heterocycles. The normalized spacial score (nSPS) is 19.0. The number of pyridine rings is 1. The van der Waals surface area contributed by atoms with Crippen molar-refractivity contribution in [2.75, 3.05) is 10.2 Å². The van der Waals surface area contributed by atoms with Gasteiger partial charge < -0.3 is 20.5 Å². The summed E-state index contributed by atoms with van der Waals surface area (Å²) < 4.78 is 0. The number of nitrogens with one attached hydrogen (secondary N) is 3. The van der Waals surface area contributed by atoms with Crippen molar-refractivity contribution in [1.82, 2.24) is 15.3 Å². The number of hydrogen-bond acceptors (Lipinski definition) is 3. The number of rotatable bonds is 4. The summed E-state index contributed by atoms with van der Waals surface area (Å²) in [6.45, 7) is 1.49. The molecule has 2 atom stereocenters. The Balaban J connectivity index is 1.72. The first kappa shape index (κ1) is 17.2. The molecule has 1 aliphatic heterocycles. The summed E-state index contributed by atoms with van der Waals surface area (Å²) in [6.07, 6.45) is 3.70. The van der Waals surface area contributed by atoms with Gasteiger partial charge in [0.1, 0.15) is 6.04 Å². The first-order chi connectivity index (χ1) is 13.1. The molecule has 4 rings (SSSR count). The lowest BCUT2D eigenvalue weighted by molar-refractivity contribution is -0.114. The number of thiocarbonyl (C=S) groups is 1. The van der Waals surface area contributed by atoms with E-state index in [1.165, 1.54) is 6.92 Å². The van der Waals surface area contributed by atoms with Crippen molar-refractivity contribution in [2.24, 2.45) is 0 Å². The van der Waals surface area contributed by atoms with E-state index in [4.69, 9.17) is 12.2 Å². The number of H-pyrrole nitrogens is 1. The molecule has 136 valence electrons. The van der Waals surface area contributed by atoms with Gasteiger partial charge in [0.25, 0.3) is 0 Å². The molecule has 1 aliphatic rings. The number of hydrogen-bond donors (Lipinski definition) is 3. The highest BCUT2D eigenvalue weighted by Gasteiger charge is 2.41. The van der Waals surface area contributed by atoms with E-state index in [9.17, 15) is 4.79 Å². The minimum atomic E-state index is -0.0967. The number of anilines is 2. The predicted molar refractivity (Wildman–Crippen MR) is 109 cm³/mol. The van der Waals surface area contributed by atoms with Crippen LogP contribution in [0.1, 0.15) is 30.4 Å². The molecular weight excluding hydrogens is 358 g/mol. The smallest absolute Gasteiger partial charge is 0.221 e. The van der Waals surface area contributed by atoms with Crippen molar-refractivity contribution in [2.45, 2.75) is 19.0 Å². The molecule has 3 heterocycles. The largest absolute Gasteiger partial charge is 0.363 e. The van der Waals surface area contributed by atoms with Crippen LogP contribution in [0.15, 0.2) is 67.0 Å². The first-order valence-electron chi connectivity index (χ1n) is 8.65. The first-order valence-corrected chi connectivity index (χ1v) is 9.06. The van der Waals surface area contributed by atoms with Crippen LogP contribution in [0.25, 0.3) is 0 Å². The van der Waals surface area contributed by atoms with E-state index in [2.05, 4.69) is 31.6 Å². The molecule has 0 saturated carbocycles. The number of amides is 1. The standard InChI is InChI=1S/C20H19N5OS/c1-13(26)23-14-7-9-15(10-8-14)25-19(17-6-4-12-22-17)18(24-20(25)27)16-5-2-3-11-21-16/h2-12,18-19,22H,1H3,(H,23,26)(H,24,27)/t18-,19+/m0/s1. The second-order valence-corrected chi connectivity index (χ2v) is 6.74. The molecule has 0 spiro atoms. The number of aromatic amines is 1. The second-order valence-electron chi connectivity index (χ2n) is 6.35. The van der Waals surface area contributed by atoms with Crippen molar-refractivity contribution >= 4 is 34.6 Å². The van der Waals surface area contributed by atoms with Gasteiger partial charge in [-0.1, -0.05) is 6.07 Å². The number of nitrogens with zero attached hydrogens (tertiary/aromatic N) is 2. The average Bonchev–Trinajstić information content (AvgIpc) is 3.30. The molecule has 3 N–H and O–H groups in total. The van der Waals surface area contributed by atoms with Crippen LogP contribution in [0.2, 0.25) is 0 Å². The fourth-order valence-corrected chi connectivity index (χ4v) is 3.73. The van der Waals surface area contributed by atoms with Crippen LogP contribution in [-0.4, -0.2) is 21.0 Å². The number of carbonyl (C=O) groups excluding carboxylic acids is 1. The molecule has 0 radical (unpaired) electrons. The van der Waals surface area contributed by atoms with Crippen molar-refractivity contribution in [3.63, 3.8) is 0 Å². The third-order valence-electron chi connectivity index (χ3n) is 4.50. The van der Waals surface area contributed by atoms with Crippen LogP contribution >= 0.6 is 12.2 Å². The summed E-state index contributed by atoms with van der Waals surface area (Å²) in [4.78, 5) is 21.2. The summed E-state index contributed by atoms with van der Waals surface area (Å²) in [6, 6.07) is 17.4. The van der Waals surface area contributed by atoms with Crippen LogP contribution in [0.4, 0.5) is 11.4 Å². The molecule has 1 fully saturated rings. The molecule has 6 nitrogen and oxygen atoms in total. The van der Waals surface area contributed by atoms with Gasteiger partial charge in [0.2, 0.25) is 5.91 Å². The van der Waals surface area contributed by atoms with Gasteiger partial charge in [-0.25, -0.2) is 0 Å². The van der Waals surface area contributed by atoms with Crippen molar-refractivity contribution in [3.05, 3.63) is 78.4 Å². The summed E-state index contributed by atoms with van der Waals surface area (Å²) in [5.41, 5.74) is 3.67. The fraction of sp³-hybridized carbons (Fsp3) is 0.150. The van der Waals surface area contributed by atoms with Gasteiger partial charge in [-0.2, -0.15) is 0 Å². The van der Waals surface area contributed by atoms with E-state index >= 15 is 0 Å². The predicted octanol–water partition coefficient (Wildman–Crippen LogP) is 3.55. The maximum absolute atomic E-state index is 11.3. The van der Waals surface area contributed by atoms with Gasteiger partial charge in [0, 0.05) is 36.4 Å². The molecule has 1 amide bonds. The monoisotopic (exact) mass is 377 g/mol. The minimum Gasteiger partial charge on any atom is -0.363 e. The molecule has 0 bridgehead atoms. The zero-order chi connectivity index (χ0) is 18.8. The van der Waals surface area contributed by atoms with E-state index in [1.807, 2.05) is 54.7 Å². The Bertz CT molecular complexity index is 940. The quantitative estimate of drug-likeness (QED) is 0.607. The van der Waals surface area contributed by atoms with Gasteiger partial charge in [-0.3, -0.25) is 9.78 Å². The minimum absolute atomic E-state index is 0.0611. The number of aromatic nitrogens is 2. The van der Waals surface area contributed by atoms with E-state index < -0.39 is 0 Å². The summed E-state index contributed by atoms with van der Waals surface area (Å²) >= 11 is 5.66. The molecule has 27 heavy (non-hydrogen) atoms. The number of carbonyl (C=O) groups is 1. The lowest BCUT2D eigenvalue weighted by atomic mass is 10.0. The lowest BCUT2D eigenvalue weighted by Gasteiger charge is -2.27. The molecular formula is C20H19N5OS. The second kappa shape index (κ2) is 7.20. The third-order valence-corrected chi connectivity index (χ3v) is 4.82. The summed E-state index contributed by atoms with van der Waals surface area (Å²) in [5.74, 6) is -0.0967. The summed E-state index contributed by atoms with van der Waals surface area (Å²) in [7, 11) is 0. The Morgan fingerprint density at radius 2 is 1.96 bits per heavy atom. The highest BCUT2D eigenvalue weighted by molar-refractivity contribution is 7.80.